The molecule has 1 fully saturated rings. The van der Waals surface area contributed by atoms with Gasteiger partial charge in [-0.1, -0.05) is 12.1 Å². The molecule has 1 aromatic heterocycles. The maximum Gasteiger partial charge on any atom is 0.309 e. The number of rotatable bonds is 6. The van der Waals surface area contributed by atoms with Crippen molar-refractivity contribution in [2.75, 3.05) is 31.1 Å². The summed E-state index contributed by atoms with van der Waals surface area (Å²) in [5.41, 5.74) is 0.719. The van der Waals surface area contributed by atoms with Crippen LogP contribution in [0.25, 0.3) is 0 Å². The molecule has 27 heavy (non-hydrogen) atoms. The monoisotopic (exact) mass is 391 g/mol. The first-order chi connectivity index (χ1) is 13.1. The molecule has 1 unspecified atom stereocenters. The van der Waals surface area contributed by atoms with Gasteiger partial charge in [-0.25, -0.2) is 4.39 Å². The molecule has 0 bridgehead atoms. The van der Waals surface area contributed by atoms with Gasteiger partial charge in [0.1, 0.15) is 11.6 Å². The maximum absolute atomic E-state index is 12.9. The summed E-state index contributed by atoms with van der Waals surface area (Å²) in [5, 5.41) is 5.24. The van der Waals surface area contributed by atoms with Gasteiger partial charge < -0.3 is 15.1 Å². The van der Waals surface area contributed by atoms with Gasteiger partial charge >= 0.3 is 11.8 Å². The fourth-order valence-electron chi connectivity index (χ4n) is 2.91. The largest absolute Gasteiger partial charge is 0.468 e. The molecule has 0 saturated carbocycles. The van der Waals surface area contributed by atoms with Crippen molar-refractivity contribution in [3.05, 3.63) is 59.8 Å². The van der Waals surface area contributed by atoms with Crippen LogP contribution < -0.4 is 10.6 Å². The number of hydrogen-bond acceptors (Lipinski definition) is 5. The van der Waals surface area contributed by atoms with Gasteiger partial charge in [-0.2, -0.15) is 11.8 Å². The summed E-state index contributed by atoms with van der Waals surface area (Å²) in [6.07, 6.45) is 1.61. The molecule has 2 amide bonds. The van der Waals surface area contributed by atoms with E-state index in [0.29, 0.717) is 6.54 Å². The van der Waals surface area contributed by atoms with E-state index in [1.54, 1.807) is 18.4 Å². The van der Waals surface area contributed by atoms with Gasteiger partial charge in [0.15, 0.2) is 0 Å². The molecule has 0 aliphatic carbocycles. The fraction of sp³-hybridized carbons (Fsp3) is 0.368. The molecular weight excluding hydrogens is 369 g/mol. The molecule has 2 heterocycles. The van der Waals surface area contributed by atoms with E-state index < -0.39 is 11.8 Å². The molecule has 8 heteroatoms. The van der Waals surface area contributed by atoms with Gasteiger partial charge in [-0.15, -0.1) is 0 Å². The normalized spacial score (nSPS) is 15.9. The summed E-state index contributed by atoms with van der Waals surface area (Å²) in [4.78, 5) is 26.4. The summed E-state index contributed by atoms with van der Waals surface area (Å²) in [7, 11) is 0. The Morgan fingerprint density at radius 1 is 1.11 bits per heavy atom. The number of amides is 2. The minimum atomic E-state index is -0.716. The highest BCUT2D eigenvalue weighted by molar-refractivity contribution is 7.99. The van der Waals surface area contributed by atoms with Gasteiger partial charge in [0.2, 0.25) is 0 Å². The zero-order valence-corrected chi connectivity index (χ0v) is 15.6. The highest BCUT2D eigenvalue weighted by atomic mass is 32.2. The van der Waals surface area contributed by atoms with Crippen molar-refractivity contribution >= 4 is 23.6 Å². The molecule has 1 atom stereocenters. The highest BCUT2D eigenvalue weighted by Crippen LogP contribution is 2.24. The molecule has 1 aliphatic rings. The van der Waals surface area contributed by atoms with Gasteiger partial charge in [0, 0.05) is 37.7 Å². The fourth-order valence-corrected chi connectivity index (χ4v) is 3.85. The molecule has 1 aliphatic heterocycles. The summed E-state index contributed by atoms with van der Waals surface area (Å²) >= 11 is 1.90. The van der Waals surface area contributed by atoms with Crippen molar-refractivity contribution in [1.82, 2.24) is 15.5 Å². The van der Waals surface area contributed by atoms with Crippen molar-refractivity contribution in [3.8, 4) is 0 Å². The lowest BCUT2D eigenvalue weighted by atomic mass is 10.2. The van der Waals surface area contributed by atoms with E-state index in [2.05, 4.69) is 15.5 Å². The molecule has 0 spiro atoms. The Kier molecular flexibility index (Phi) is 6.89. The Morgan fingerprint density at radius 2 is 1.81 bits per heavy atom. The van der Waals surface area contributed by atoms with Crippen molar-refractivity contribution in [3.63, 3.8) is 0 Å². The van der Waals surface area contributed by atoms with E-state index in [9.17, 15) is 14.0 Å². The number of benzene rings is 1. The number of nitrogens with one attached hydrogen (secondary N) is 2. The first-order valence-corrected chi connectivity index (χ1v) is 9.94. The number of nitrogens with zero attached hydrogens (tertiary/aromatic N) is 1. The number of carbonyl (C=O) groups excluding carboxylic acids is 2. The summed E-state index contributed by atoms with van der Waals surface area (Å²) in [6, 6.07) is 9.35. The lowest BCUT2D eigenvalue weighted by Gasteiger charge is -2.33. The first-order valence-electron chi connectivity index (χ1n) is 8.79. The summed E-state index contributed by atoms with van der Waals surface area (Å²) in [6.45, 7) is 2.27. The summed E-state index contributed by atoms with van der Waals surface area (Å²) < 4.78 is 18.4. The Morgan fingerprint density at radius 3 is 2.48 bits per heavy atom. The second kappa shape index (κ2) is 9.57. The van der Waals surface area contributed by atoms with Crippen molar-refractivity contribution in [2.24, 2.45) is 0 Å². The molecular formula is C19H22FN3O3S. The molecule has 1 saturated heterocycles. The minimum Gasteiger partial charge on any atom is -0.468 e. The first kappa shape index (κ1) is 19.4. The van der Waals surface area contributed by atoms with Crippen LogP contribution in [0.2, 0.25) is 0 Å². The lowest BCUT2D eigenvalue weighted by Crippen LogP contribution is -2.45. The quantitative estimate of drug-likeness (QED) is 0.737. The molecule has 1 aromatic carbocycles. The summed E-state index contributed by atoms with van der Waals surface area (Å²) in [5.74, 6) is 1.08. The molecule has 0 radical (unpaired) electrons. The van der Waals surface area contributed by atoms with Crippen LogP contribution in [-0.4, -0.2) is 47.9 Å². The van der Waals surface area contributed by atoms with Crippen LogP contribution in [0.3, 0.4) is 0 Å². The van der Waals surface area contributed by atoms with E-state index in [1.807, 2.05) is 23.9 Å². The van der Waals surface area contributed by atoms with Crippen LogP contribution in [-0.2, 0) is 16.1 Å². The minimum absolute atomic E-state index is 0.102. The van der Waals surface area contributed by atoms with Crippen molar-refractivity contribution < 1.29 is 18.4 Å². The standard InChI is InChI=1S/C19H22FN3O3S/c20-15-5-3-14(4-6-15)12-21-18(24)19(25)22-13-16(17-2-1-9-26-17)23-7-10-27-11-8-23/h1-6,9,16H,7-8,10-13H2,(H,21,24)(H,22,25). The van der Waals surface area contributed by atoms with Crippen LogP contribution in [0.1, 0.15) is 17.4 Å². The van der Waals surface area contributed by atoms with E-state index in [1.165, 1.54) is 12.1 Å². The third-order valence-corrected chi connectivity index (χ3v) is 5.33. The zero-order chi connectivity index (χ0) is 19.1. The predicted octanol–water partition coefficient (Wildman–Crippen LogP) is 1.94. The number of furan rings is 1. The van der Waals surface area contributed by atoms with E-state index in [0.717, 1.165) is 35.9 Å². The van der Waals surface area contributed by atoms with Crippen LogP contribution in [0.5, 0.6) is 0 Å². The smallest absolute Gasteiger partial charge is 0.309 e. The molecule has 144 valence electrons. The Labute approximate surface area is 161 Å². The lowest BCUT2D eigenvalue weighted by molar-refractivity contribution is -0.139. The maximum atomic E-state index is 12.9. The van der Waals surface area contributed by atoms with E-state index in [-0.39, 0.29) is 18.4 Å². The Hall–Kier alpha value is -2.32. The Balaban J connectivity index is 1.52. The number of halogens is 1. The molecule has 6 nitrogen and oxygen atoms in total. The SMILES string of the molecule is O=C(NCc1ccc(F)cc1)C(=O)NCC(c1ccco1)N1CCSCC1. The second-order valence-corrected chi connectivity index (χ2v) is 7.42. The molecule has 2 N–H and O–H groups in total. The molecule has 2 aromatic rings. The van der Waals surface area contributed by atoms with Gasteiger partial charge in [-0.05, 0) is 29.8 Å². The van der Waals surface area contributed by atoms with Crippen LogP contribution in [0.15, 0.2) is 47.1 Å². The predicted molar refractivity (Wildman–Crippen MR) is 102 cm³/mol. The van der Waals surface area contributed by atoms with E-state index >= 15 is 0 Å². The van der Waals surface area contributed by atoms with Crippen molar-refractivity contribution in [1.29, 1.82) is 0 Å². The van der Waals surface area contributed by atoms with Gasteiger partial charge in [-0.3, -0.25) is 14.5 Å². The van der Waals surface area contributed by atoms with Gasteiger partial charge in [0.05, 0.1) is 12.3 Å². The third kappa shape index (κ3) is 5.58. The number of thioether (sulfide) groups is 1. The Bertz CT molecular complexity index is 746. The van der Waals surface area contributed by atoms with Crippen LogP contribution >= 0.6 is 11.8 Å². The topological polar surface area (TPSA) is 74.6 Å². The second-order valence-electron chi connectivity index (χ2n) is 6.20. The van der Waals surface area contributed by atoms with Gasteiger partial charge in [0.25, 0.3) is 0 Å². The third-order valence-electron chi connectivity index (χ3n) is 4.39. The highest BCUT2D eigenvalue weighted by Gasteiger charge is 2.26. The van der Waals surface area contributed by atoms with E-state index in [4.69, 9.17) is 4.42 Å². The average Bonchev–Trinajstić information content (AvgIpc) is 3.22. The number of hydrogen-bond donors (Lipinski definition) is 2. The number of carbonyl (C=O) groups is 2. The van der Waals surface area contributed by atoms with Crippen molar-refractivity contribution in [2.45, 2.75) is 12.6 Å². The molecule has 3 rings (SSSR count). The average molecular weight is 391 g/mol. The van der Waals surface area contributed by atoms with Crippen LogP contribution in [0, 0.1) is 5.82 Å². The van der Waals surface area contributed by atoms with Crippen LogP contribution in [0.4, 0.5) is 4.39 Å². The zero-order valence-electron chi connectivity index (χ0n) is 14.8.